The van der Waals surface area contributed by atoms with E-state index in [9.17, 15) is 4.79 Å². The van der Waals surface area contributed by atoms with E-state index in [4.69, 9.17) is 0 Å². The van der Waals surface area contributed by atoms with E-state index in [2.05, 4.69) is 31.2 Å². The van der Waals surface area contributed by atoms with Crippen LogP contribution in [-0.4, -0.2) is 5.78 Å². The summed E-state index contributed by atoms with van der Waals surface area (Å²) < 4.78 is 0. The van der Waals surface area contributed by atoms with Crippen LogP contribution >= 0.6 is 0 Å². The molecular weight excluding hydrogens is 220 g/mol. The standard InChI is InChI=1S/C17H16O/c1-12-7-9-13(10-8-12)15-11-16(15)17(18)14-5-3-2-4-6-14/h2-10,15-16H,11H2,1H3/t15-,16+/m0/s1. The van der Waals surface area contributed by atoms with Gasteiger partial charge in [0, 0.05) is 11.5 Å². The van der Waals surface area contributed by atoms with Crippen LogP contribution in [0.15, 0.2) is 54.6 Å². The van der Waals surface area contributed by atoms with Crippen LogP contribution in [0.1, 0.15) is 33.8 Å². The Morgan fingerprint density at radius 2 is 1.67 bits per heavy atom. The zero-order chi connectivity index (χ0) is 12.5. The molecule has 0 heterocycles. The SMILES string of the molecule is Cc1ccc([C@@H]2C[C@H]2C(=O)c2ccccc2)cc1. The van der Waals surface area contributed by atoms with Gasteiger partial charge in [-0.05, 0) is 24.8 Å². The van der Waals surface area contributed by atoms with Crippen LogP contribution < -0.4 is 0 Å². The third kappa shape index (κ3) is 2.08. The largest absolute Gasteiger partial charge is 0.294 e. The van der Waals surface area contributed by atoms with E-state index in [-0.39, 0.29) is 5.92 Å². The van der Waals surface area contributed by atoms with Gasteiger partial charge in [0.2, 0.25) is 0 Å². The number of hydrogen-bond donors (Lipinski definition) is 0. The van der Waals surface area contributed by atoms with Gasteiger partial charge in [0.1, 0.15) is 0 Å². The summed E-state index contributed by atoms with van der Waals surface area (Å²) in [6.07, 6.45) is 0.997. The van der Waals surface area contributed by atoms with Gasteiger partial charge in [0.15, 0.2) is 5.78 Å². The molecule has 0 bridgehead atoms. The second-order valence-corrected chi connectivity index (χ2v) is 5.09. The molecule has 2 aromatic carbocycles. The van der Waals surface area contributed by atoms with Gasteiger partial charge in [-0.3, -0.25) is 4.79 Å². The smallest absolute Gasteiger partial charge is 0.166 e. The molecule has 1 fully saturated rings. The summed E-state index contributed by atoms with van der Waals surface area (Å²) in [7, 11) is 0. The fourth-order valence-corrected chi connectivity index (χ4v) is 2.48. The maximum absolute atomic E-state index is 12.3. The van der Waals surface area contributed by atoms with E-state index in [1.54, 1.807) is 0 Å². The van der Waals surface area contributed by atoms with Crippen LogP contribution in [-0.2, 0) is 0 Å². The van der Waals surface area contributed by atoms with Gasteiger partial charge in [0.05, 0.1) is 0 Å². The Hall–Kier alpha value is -1.89. The maximum Gasteiger partial charge on any atom is 0.166 e. The third-order valence-corrected chi connectivity index (χ3v) is 3.69. The van der Waals surface area contributed by atoms with Crippen LogP contribution in [0.4, 0.5) is 0 Å². The second kappa shape index (κ2) is 4.41. The first-order valence-electron chi connectivity index (χ1n) is 6.41. The molecule has 3 rings (SSSR count). The van der Waals surface area contributed by atoms with Gasteiger partial charge in [0.25, 0.3) is 0 Å². The van der Waals surface area contributed by atoms with E-state index < -0.39 is 0 Å². The van der Waals surface area contributed by atoms with Crippen molar-refractivity contribution in [1.82, 2.24) is 0 Å². The van der Waals surface area contributed by atoms with E-state index in [0.29, 0.717) is 11.7 Å². The minimum Gasteiger partial charge on any atom is -0.294 e. The second-order valence-electron chi connectivity index (χ2n) is 5.09. The lowest BCUT2D eigenvalue weighted by molar-refractivity contribution is 0.0965. The van der Waals surface area contributed by atoms with Crippen molar-refractivity contribution in [2.75, 3.05) is 0 Å². The highest BCUT2D eigenvalue weighted by atomic mass is 16.1. The molecule has 0 aliphatic heterocycles. The first-order valence-corrected chi connectivity index (χ1v) is 6.41. The lowest BCUT2D eigenvalue weighted by Crippen LogP contribution is -2.02. The Morgan fingerprint density at radius 1 is 1.00 bits per heavy atom. The topological polar surface area (TPSA) is 17.1 Å². The molecule has 0 saturated heterocycles. The van der Waals surface area contributed by atoms with Crippen LogP contribution in [0.3, 0.4) is 0 Å². The molecule has 0 radical (unpaired) electrons. The Labute approximate surface area is 107 Å². The molecule has 0 spiro atoms. The van der Waals surface area contributed by atoms with Crippen LogP contribution in [0.2, 0.25) is 0 Å². The first-order chi connectivity index (χ1) is 8.75. The van der Waals surface area contributed by atoms with Gasteiger partial charge in [-0.25, -0.2) is 0 Å². The maximum atomic E-state index is 12.3. The van der Waals surface area contributed by atoms with E-state index in [1.807, 2.05) is 30.3 Å². The molecule has 0 amide bonds. The molecule has 1 nitrogen and oxygen atoms in total. The predicted molar refractivity (Wildman–Crippen MR) is 72.8 cm³/mol. The summed E-state index contributed by atoms with van der Waals surface area (Å²) in [4.78, 5) is 12.3. The van der Waals surface area contributed by atoms with Gasteiger partial charge >= 0.3 is 0 Å². The number of carbonyl (C=O) groups excluding carboxylic acids is 1. The molecule has 0 aromatic heterocycles. The molecule has 1 aliphatic rings. The lowest BCUT2D eigenvalue weighted by Gasteiger charge is -2.01. The molecule has 2 aromatic rings. The molecule has 2 atom stereocenters. The molecule has 1 saturated carbocycles. The number of rotatable bonds is 3. The summed E-state index contributed by atoms with van der Waals surface area (Å²) >= 11 is 0. The summed E-state index contributed by atoms with van der Waals surface area (Å²) in [6.45, 7) is 2.09. The molecule has 18 heavy (non-hydrogen) atoms. The number of benzene rings is 2. The fourth-order valence-electron chi connectivity index (χ4n) is 2.48. The fraction of sp³-hybridized carbons (Fsp3) is 0.235. The van der Waals surface area contributed by atoms with Crippen molar-refractivity contribution in [1.29, 1.82) is 0 Å². The van der Waals surface area contributed by atoms with Gasteiger partial charge < -0.3 is 0 Å². The van der Waals surface area contributed by atoms with Crippen molar-refractivity contribution in [2.24, 2.45) is 5.92 Å². The Balaban J connectivity index is 1.75. The van der Waals surface area contributed by atoms with E-state index in [0.717, 1.165) is 12.0 Å². The van der Waals surface area contributed by atoms with Crippen molar-refractivity contribution in [3.05, 3.63) is 71.3 Å². The summed E-state index contributed by atoms with van der Waals surface area (Å²) in [5, 5.41) is 0. The van der Waals surface area contributed by atoms with Gasteiger partial charge in [-0.15, -0.1) is 0 Å². The van der Waals surface area contributed by atoms with Crippen molar-refractivity contribution in [3.8, 4) is 0 Å². The Kier molecular flexibility index (Phi) is 2.75. The van der Waals surface area contributed by atoms with Crippen LogP contribution in [0, 0.1) is 12.8 Å². The number of ketones is 1. The molecule has 0 unspecified atom stereocenters. The van der Waals surface area contributed by atoms with Crippen molar-refractivity contribution in [2.45, 2.75) is 19.3 Å². The van der Waals surface area contributed by atoms with Gasteiger partial charge in [-0.2, -0.15) is 0 Å². The quantitative estimate of drug-likeness (QED) is 0.737. The van der Waals surface area contributed by atoms with Crippen molar-refractivity contribution >= 4 is 5.78 Å². The molecule has 0 N–H and O–H groups in total. The Bertz CT molecular complexity index is 554. The minimum absolute atomic E-state index is 0.190. The number of carbonyl (C=O) groups is 1. The first kappa shape index (κ1) is 11.2. The number of hydrogen-bond acceptors (Lipinski definition) is 1. The minimum atomic E-state index is 0.190. The highest BCUT2D eigenvalue weighted by Crippen LogP contribution is 2.49. The average Bonchev–Trinajstić information content (AvgIpc) is 3.20. The third-order valence-electron chi connectivity index (χ3n) is 3.69. The number of aryl methyl sites for hydroxylation is 1. The molecule has 1 heteroatoms. The highest BCUT2D eigenvalue weighted by Gasteiger charge is 2.43. The molecule has 1 aliphatic carbocycles. The number of Topliss-reactive ketones (excluding diaryl/α,β-unsaturated/α-hetero) is 1. The molecular formula is C17H16O. The van der Waals surface area contributed by atoms with E-state index >= 15 is 0 Å². The van der Waals surface area contributed by atoms with Gasteiger partial charge in [-0.1, -0.05) is 60.2 Å². The van der Waals surface area contributed by atoms with Crippen molar-refractivity contribution < 1.29 is 4.79 Å². The highest BCUT2D eigenvalue weighted by molar-refractivity contribution is 6.00. The monoisotopic (exact) mass is 236 g/mol. The zero-order valence-corrected chi connectivity index (χ0v) is 10.5. The van der Waals surface area contributed by atoms with Crippen molar-refractivity contribution in [3.63, 3.8) is 0 Å². The average molecular weight is 236 g/mol. The lowest BCUT2D eigenvalue weighted by atomic mass is 10.0. The summed E-state index contributed by atoms with van der Waals surface area (Å²) in [5.41, 5.74) is 3.41. The summed E-state index contributed by atoms with van der Waals surface area (Å²) in [6, 6.07) is 18.2. The van der Waals surface area contributed by atoms with E-state index in [1.165, 1.54) is 11.1 Å². The normalized spacial score (nSPS) is 21.6. The van der Waals surface area contributed by atoms with Crippen LogP contribution in [0.25, 0.3) is 0 Å². The zero-order valence-electron chi connectivity index (χ0n) is 10.5. The van der Waals surface area contributed by atoms with Crippen LogP contribution in [0.5, 0.6) is 0 Å². The Morgan fingerprint density at radius 3 is 2.33 bits per heavy atom. The predicted octanol–water partition coefficient (Wildman–Crippen LogP) is 3.98. The summed E-state index contributed by atoms with van der Waals surface area (Å²) in [5.74, 6) is 0.912. The molecule has 90 valence electrons.